The maximum Gasteiger partial charge on any atom is 0.0595 e. The summed E-state index contributed by atoms with van der Waals surface area (Å²) in [5, 5.41) is 1.24. The van der Waals surface area contributed by atoms with E-state index in [2.05, 4.69) is 0 Å². The molecule has 0 heterocycles. The SMILES string of the molecule is NC(Cc1ccc(Cl)c(Cl)c1)C1CCCCCCC1. The Labute approximate surface area is 126 Å². The Kier molecular flexibility index (Phi) is 6.00. The molecule has 0 spiro atoms. The molecular formula is C16H23Cl2N. The van der Waals surface area contributed by atoms with Crippen LogP contribution in [0.3, 0.4) is 0 Å². The Balaban J connectivity index is 1.94. The van der Waals surface area contributed by atoms with Crippen molar-refractivity contribution < 1.29 is 0 Å². The van der Waals surface area contributed by atoms with Gasteiger partial charge in [-0.05, 0) is 42.9 Å². The van der Waals surface area contributed by atoms with Crippen LogP contribution in [0, 0.1) is 5.92 Å². The molecule has 2 N–H and O–H groups in total. The number of hydrogen-bond acceptors (Lipinski definition) is 1. The highest BCUT2D eigenvalue weighted by Gasteiger charge is 2.19. The lowest BCUT2D eigenvalue weighted by Crippen LogP contribution is -2.32. The molecule has 0 aromatic heterocycles. The van der Waals surface area contributed by atoms with Crippen LogP contribution in [0.1, 0.15) is 50.5 Å². The maximum atomic E-state index is 6.41. The average molecular weight is 300 g/mol. The van der Waals surface area contributed by atoms with Crippen molar-refractivity contribution in [2.45, 2.75) is 57.4 Å². The Bertz CT molecular complexity index is 398. The quantitative estimate of drug-likeness (QED) is 0.813. The number of nitrogens with two attached hydrogens (primary N) is 1. The van der Waals surface area contributed by atoms with Crippen LogP contribution in [0.25, 0.3) is 0 Å². The van der Waals surface area contributed by atoms with Crippen molar-refractivity contribution in [3.05, 3.63) is 33.8 Å². The molecule has 0 bridgehead atoms. The summed E-state index contributed by atoms with van der Waals surface area (Å²) < 4.78 is 0. The molecule has 0 saturated heterocycles. The first-order valence-corrected chi connectivity index (χ1v) is 8.12. The van der Waals surface area contributed by atoms with Crippen LogP contribution >= 0.6 is 23.2 Å². The molecule has 1 aliphatic carbocycles. The Morgan fingerprint density at radius 1 is 1.00 bits per heavy atom. The smallest absolute Gasteiger partial charge is 0.0595 e. The minimum absolute atomic E-state index is 0.246. The molecule has 2 rings (SSSR count). The van der Waals surface area contributed by atoms with E-state index in [9.17, 15) is 0 Å². The van der Waals surface area contributed by atoms with Crippen LogP contribution in [0.15, 0.2) is 18.2 Å². The summed E-state index contributed by atoms with van der Waals surface area (Å²) in [6, 6.07) is 6.10. The van der Waals surface area contributed by atoms with Crippen molar-refractivity contribution in [2.24, 2.45) is 11.7 Å². The summed E-state index contributed by atoms with van der Waals surface area (Å²) in [5.74, 6) is 0.662. The topological polar surface area (TPSA) is 26.0 Å². The minimum Gasteiger partial charge on any atom is -0.327 e. The molecule has 1 saturated carbocycles. The molecule has 1 aromatic carbocycles. The van der Waals surface area contributed by atoms with Crippen LogP contribution in [0.2, 0.25) is 10.0 Å². The van der Waals surface area contributed by atoms with Crippen molar-refractivity contribution in [3.8, 4) is 0 Å². The van der Waals surface area contributed by atoms with Gasteiger partial charge in [-0.1, -0.05) is 61.4 Å². The van der Waals surface area contributed by atoms with Gasteiger partial charge in [0.2, 0.25) is 0 Å². The maximum absolute atomic E-state index is 6.41. The molecule has 0 amide bonds. The molecule has 1 unspecified atom stereocenters. The molecule has 1 fully saturated rings. The second-order valence-electron chi connectivity index (χ2n) is 5.72. The van der Waals surface area contributed by atoms with Gasteiger partial charge < -0.3 is 5.73 Å². The normalized spacial score (nSPS) is 19.7. The standard InChI is InChI=1S/C16H23Cl2N/c17-14-9-8-12(10-15(14)18)11-16(19)13-6-4-2-1-3-5-7-13/h8-10,13,16H,1-7,11,19H2. The van der Waals surface area contributed by atoms with Crippen molar-refractivity contribution >= 4 is 23.2 Å². The fourth-order valence-electron chi connectivity index (χ4n) is 3.02. The van der Waals surface area contributed by atoms with Crippen molar-refractivity contribution in [1.29, 1.82) is 0 Å². The largest absolute Gasteiger partial charge is 0.327 e. The van der Waals surface area contributed by atoms with Crippen LogP contribution in [0.4, 0.5) is 0 Å². The van der Waals surface area contributed by atoms with E-state index in [4.69, 9.17) is 28.9 Å². The molecule has 0 aliphatic heterocycles. The van der Waals surface area contributed by atoms with Gasteiger partial charge in [-0.25, -0.2) is 0 Å². The van der Waals surface area contributed by atoms with Gasteiger partial charge in [0.1, 0.15) is 0 Å². The van der Waals surface area contributed by atoms with Crippen molar-refractivity contribution in [1.82, 2.24) is 0 Å². The molecule has 19 heavy (non-hydrogen) atoms. The van der Waals surface area contributed by atoms with Crippen molar-refractivity contribution in [3.63, 3.8) is 0 Å². The van der Waals surface area contributed by atoms with Crippen LogP contribution in [0.5, 0.6) is 0 Å². The third-order valence-electron chi connectivity index (χ3n) is 4.21. The lowest BCUT2D eigenvalue weighted by Gasteiger charge is -2.26. The summed E-state index contributed by atoms with van der Waals surface area (Å²) in [4.78, 5) is 0. The number of benzene rings is 1. The zero-order chi connectivity index (χ0) is 13.7. The molecular weight excluding hydrogens is 277 g/mol. The van der Waals surface area contributed by atoms with Crippen molar-refractivity contribution in [2.75, 3.05) is 0 Å². The highest BCUT2D eigenvalue weighted by molar-refractivity contribution is 6.42. The minimum atomic E-state index is 0.246. The Hall–Kier alpha value is -0.240. The van der Waals surface area contributed by atoms with Gasteiger partial charge in [-0.3, -0.25) is 0 Å². The summed E-state index contributed by atoms with van der Waals surface area (Å²) in [5.41, 5.74) is 7.61. The predicted octanol–water partition coefficient (Wildman–Crippen LogP) is 5.22. The fraction of sp³-hybridized carbons (Fsp3) is 0.625. The predicted molar refractivity (Wildman–Crippen MR) is 84.0 cm³/mol. The fourth-order valence-corrected chi connectivity index (χ4v) is 3.34. The van der Waals surface area contributed by atoms with Gasteiger partial charge in [-0.15, -0.1) is 0 Å². The molecule has 1 nitrogen and oxygen atoms in total. The van der Waals surface area contributed by atoms with E-state index < -0.39 is 0 Å². The highest BCUT2D eigenvalue weighted by atomic mass is 35.5. The second kappa shape index (κ2) is 7.52. The van der Waals surface area contributed by atoms with Crippen LogP contribution in [-0.2, 0) is 6.42 Å². The van der Waals surface area contributed by atoms with E-state index in [-0.39, 0.29) is 6.04 Å². The van der Waals surface area contributed by atoms with Gasteiger partial charge in [-0.2, -0.15) is 0 Å². The van der Waals surface area contributed by atoms with Crippen LogP contribution < -0.4 is 5.73 Å². The molecule has 1 aromatic rings. The van der Waals surface area contributed by atoms with Gasteiger partial charge in [0, 0.05) is 6.04 Å². The van der Waals surface area contributed by atoms with E-state index in [1.807, 2.05) is 18.2 Å². The molecule has 3 heteroatoms. The first-order valence-electron chi connectivity index (χ1n) is 7.36. The average Bonchev–Trinajstić information content (AvgIpc) is 2.33. The number of hydrogen-bond donors (Lipinski definition) is 1. The van der Waals surface area contributed by atoms with Crippen LogP contribution in [-0.4, -0.2) is 6.04 Å². The van der Waals surface area contributed by atoms with Gasteiger partial charge in [0.05, 0.1) is 10.0 Å². The van der Waals surface area contributed by atoms with E-state index in [1.54, 1.807) is 0 Å². The summed E-state index contributed by atoms with van der Waals surface area (Å²) in [7, 11) is 0. The van der Waals surface area contributed by atoms with Gasteiger partial charge in [0.15, 0.2) is 0 Å². The zero-order valence-electron chi connectivity index (χ0n) is 11.4. The first-order chi connectivity index (χ1) is 9.16. The Morgan fingerprint density at radius 3 is 2.26 bits per heavy atom. The zero-order valence-corrected chi connectivity index (χ0v) is 12.9. The van der Waals surface area contributed by atoms with E-state index in [0.29, 0.717) is 16.0 Å². The summed E-state index contributed by atoms with van der Waals surface area (Å²) in [6.07, 6.45) is 10.3. The molecule has 1 aliphatic rings. The monoisotopic (exact) mass is 299 g/mol. The molecule has 106 valence electrons. The Morgan fingerprint density at radius 2 is 1.63 bits per heavy atom. The van der Waals surface area contributed by atoms with Gasteiger partial charge in [0.25, 0.3) is 0 Å². The third-order valence-corrected chi connectivity index (χ3v) is 4.95. The lowest BCUT2D eigenvalue weighted by atomic mass is 9.84. The molecule has 0 radical (unpaired) electrons. The second-order valence-corrected chi connectivity index (χ2v) is 6.54. The van der Waals surface area contributed by atoms with E-state index >= 15 is 0 Å². The van der Waals surface area contributed by atoms with E-state index in [0.717, 1.165) is 6.42 Å². The first kappa shape index (κ1) is 15.2. The highest BCUT2D eigenvalue weighted by Crippen LogP contribution is 2.27. The number of halogens is 2. The third kappa shape index (κ3) is 4.66. The van der Waals surface area contributed by atoms with E-state index in [1.165, 1.54) is 50.5 Å². The molecule has 1 atom stereocenters. The summed E-state index contributed by atoms with van der Waals surface area (Å²) >= 11 is 12.0. The van der Waals surface area contributed by atoms with Gasteiger partial charge >= 0.3 is 0 Å². The lowest BCUT2D eigenvalue weighted by molar-refractivity contribution is 0.322. The summed E-state index contributed by atoms with van der Waals surface area (Å²) in [6.45, 7) is 0. The number of rotatable bonds is 3.